The van der Waals surface area contributed by atoms with Crippen LogP contribution in [0.5, 0.6) is 0 Å². The molecule has 0 aliphatic carbocycles. The highest BCUT2D eigenvalue weighted by atomic mass is 16.5. The highest BCUT2D eigenvalue weighted by Gasteiger charge is 2.34. The molecule has 2 aromatic heterocycles. The van der Waals surface area contributed by atoms with Gasteiger partial charge in [0.15, 0.2) is 0 Å². The SMILES string of the molecule is Cn1ccnc1[C@@H]1OCC[C@H]1CN1CCC(Cn2ccnn2)CC1. The number of piperidine rings is 1. The standard InChI is InChI=1S/C17H26N6O/c1-21-9-5-18-17(21)16-15(4-11-24-16)13-22-7-2-14(3-8-22)12-23-10-6-19-20-23/h5-6,9-10,14-16H,2-4,7-8,11-13H2,1H3/t15-,16+/m0/s1. The Kier molecular flexibility index (Phi) is 4.62. The molecule has 0 N–H and O–H groups in total. The van der Waals surface area contributed by atoms with Crippen LogP contribution in [0, 0.1) is 11.8 Å². The lowest BCUT2D eigenvalue weighted by Gasteiger charge is -2.34. The molecule has 2 aliphatic heterocycles. The van der Waals surface area contributed by atoms with Gasteiger partial charge >= 0.3 is 0 Å². The van der Waals surface area contributed by atoms with Gasteiger partial charge < -0.3 is 14.2 Å². The van der Waals surface area contributed by atoms with Crippen molar-refractivity contribution < 1.29 is 4.74 Å². The van der Waals surface area contributed by atoms with Crippen LogP contribution >= 0.6 is 0 Å². The number of aryl methyl sites for hydroxylation is 1. The van der Waals surface area contributed by atoms with Crippen molar-refractivity contribution >= 4 is 0 Å². The summed E-state index contributed by atoms with van der Waals surface area (Å²) in [5.74, 6) is 2.34. The summed E-state index contributed by atoms with van der Waals surface area (Å²) in [5.41, 5.74) is 0. The van der Waals surface area contributed by atoms with Gasteiger partial charge in [0.2, 0.25) is 0 Å². The molecular weight excluding hydrogens is 304 g/mol. The van der Waals surface area contributed by atoms with E-state index in [0.29, 0.717) is 11.8 Å². The zero-order valence-corrected chi connectivity index (χ0v) is 14.3. The maximum absolute atomic E-state index is 6.00. The molecule has 2 aliphatic rings. The summed E-state index contributed by atoms with van der Waals surface area (Å²) in [7, 11) is 2.05. The average Bonchev–Trinajstić information content (AvgIpc) is 3.32. The summed E-state index contributed by atoms with van der Waals surface area (Å²) < 4.78 is 10.0. The van der Waals surface area contributed by atoms with Gasteiger partial charge in [0, 0.05) is 51.3 Å². The summed E-state index contributed by atoms with van der Waals surface area (Å²) in [6.45, 7) is 5.31. The summed E-state index contributed by atoms with van der Waals surface area (Å²) in [5, 5.41) is 7.98. The number of imidazole rings is 1. The Morgan fingerprint density at radius 2 is 2.00 bits per heavy atom. The second-order valence-corrected chi connectivity index (χ2v) is 7.11. The topological polar surface area (TPSA) is 61.0 Å². The van der Waals surface area contributed by atoms with Gasteiger partial charge in [-0.3, -0.25) is 4.68 Å². The first kappa shape index (κ1) is 15.8. The molecule has 24 heavy (non-hydrogen) atoms. The fourth-order valence-electron chi connectivity index (χ4n) is 4.04. The van der Waals surface area contributed by atoms with Crippen LogP contribution in [-0.2, 0) is 18.3 Å². The largest absolute Gasteiger partial charge is 0.370 e. The van der Waals surface area contributed by atoms with Gasteiger partial charge in [-0.1, -0.05) is 5.21 Å². The van der Waals surface area contributed by atoms with Gasteiger partial charge in [-0.05, 0) is 38.3 Å². The molecule has 0 amide bonds. The zero-order valence-electron chi connectivity index (χ0n) is 14.3. The minimum Gasteiger partial charge on any atom is -0.370 e. The Hall–Kier alpha value is -1.73. The van der Waals surface area contributed by atoms with Crippen molar-refractivity contribution in [2.75, 3.05) is 26.2 Å². The first-order valence-electron chi connectivity index (χ1n) is 8.95. The van der Waals surface area contributed by atoms with Crippen molar-refractivity contribution in [1.82, 2.24) is 29.4 Å². The minimum absolute atomic E-state index is 0.151. The Morgan fingerprint density at radius 1 is 1.12 bits per heavy atom. The Morgan fingerprint density at radius 3 is 2.71 bits per heavy atom. The molecule has 0 saturated carbocycles. The van der Waals surface area contributed by atoms with Crippen LogP contribution in [0.1, 0.15) is 31.2 Å². The van der Waals surface area contributed by atoms with E-state index < -0.39 is 0 Å². The number of hydrogen-bond donors (Lipinski definition) is 0. The molecule has 7 heteroatoms. The molecule has 0 aromatic carbocycles. The zero-order chi connectivity index (χ0) is 16.4. The van der Waals surface area contributed by atoms with E-state index >= 15 is 0 Å². The van der Waals surface area contributed by atoms with Crippen LogP contribution in [0.4, 0.5) is 0 Å². The minimum atomic E-state index is 0.151. The van der Waals surface area contributed by atoms with Gasteiger partial charge in [-0.2, -0.15) is 0 Å². The van der Waals surface area contributed by atoms with E-state index in [9.17, 15) is 0 Å². The van der Waals surface area contributed by atoms with Crippen LogP contribution in [-0.4, -0.2) is 55.7 Å². The maximum Gasteiger partial charge on any atom is 0.137 e. The van der Waals surface area contributed by atoms with Crippen molar-refractivity contribution in [2.45, 2.75) is 31.9 Å². The van der Waals surface area contributed by atoms with E-state index in [0.717, 1.165) is 31.9 Å². The molecule has 0 unspecified atom stereocenters. The van der Waals surface area contributed by atoms with Crippen molar-refractivity contribution in [3.8, 4) is 0 Å². The lowest BCUT2D eigenvalue weighted by molar-refractivity contribution is 0.0624. The third-order valence-corrected chi connectivity index (χ3v) is 5.44. The lowest BCUT2D eigenvalue weighted by Crippen LogP contribution is -2.38. The molecule has 4 rings (SSSR count). The fourth-order valence-corrected chi connectivity index (χ4v) is 4.04. The predicted molar refractivity (Wildman–Crippen MR) is 89.2 cm³/mol. The van der Waals surface area contributed by atoms with Crippen molar-refractivity contribution in [1.29, 1.82) is 0 Å². The third-order valence-electron chi connectivity index (χ3n) is 5.44. The molecular formula is C17H26N6O. The molecule has 130 valence electrons. The van der Waals surface area contributed by atoms with E-state index in [2.05, 4.69) is 31.8 Å². The number of rotatable bonds is 5. The van der Waals surface area contributed by atoms with Crippen LogP contribution in [0.25, 0.3) is 0 Å². The summed E-state index contributed by atoms with van der Waals surface area (Å²) >= 11 is 0. The van der Waals surface area contributed by atoms with Crippen LogP contribution in [0.3, 0.4) is 0 Å². The molecule has 0 spiro atoms. The van der Waals surface area contributed by atoms with E-state index in [4.69, 9.17) is 4.74 Å². The first-order valence-corrected chi connectivity index (χ1v) is 8.95. The fraction of sp³-hybridized carbons (Fsp3) is 0.706. The Labute approximate surface area is 142 Å². The predicted octanol–water partition coefficient (Wildman–Crippen LogP) is 1.50. The van der Waals surface area contributed by atoms with Crippen molar-refractivity contribution in [2.24, 2.45) is 18.9 Å². The highest BCUT2D eigenvalue weighted by Crippen LogP contribution is 2.34. The second kappa shape index (κ2) is 7.03. The van der Waals surface area contributed by atoms with Gasteiger partial charge in [-0.15, -0.1) is 5.10 Å². The summed E-state index contributed by atoms with van der Waals surface area (Å²) in [6, 6.07) is 0. The highest BCUT2D eigenvalue weighted by molar-refractivity contribution is 5.01. The van der Waals surface area contributed by atoms with Gasteiger partial charge in [0.25, 0.3) is 0 Å². The molecule has 4 heterocycles. The molecule has 2 fully saturated rings. The molecule has 2 atom stereocenters. The Bertz CT molecular complexity index is 631. The normalized spacial score (nSPS) is 26.2. The molecule has 0 radical (unpaired) electrons. The van der Waals surface area contributed by atoms with E-state index in [-0.39, 0.29) is 6.10 Å². The number of hydrogen-bond acceptors (Lipinski definition) is 5. The summed E-state index contributed by atoms with van der Waals surface area (Å²) in [4.78, 5) is 7.10. The molecule has 0 bridgehead atoms. The molecule has 2 aromatic rings. The molecule has 2 saturated heterocycles. The quantitative estimate of drug-likeness (QED) is 0.831. The van der Waals surface area contributed by atoms with E-state index in [1.54, 1.807) is 6.20 Å². The molecule has 7 nitrogen and oxygen atoms in total. The Balaban J connectivity index is 1.29. The van der Waals surface area contributed by atoms with Crippen molar-refractivity contribution in [3.63, 3.8) is 0 Å². The summed E-state index contributed by atoms with van der Waals surface area (Å²) in [6.07, 6.45) is 11.3. The lowest BCUT2D eigenvalue weighted by atomic mass is 9.94. The third kappa shape index (κ3) is 3.37. The van der Waals surface area contributed by atoms with Crippen LogP contribution in [0.15, 0.2) is 24.8 Å². The van der Waals surface area contributed by atoms with Gasteiger partial charge in [-0.25, -0.2) is 4.98 Å². The average molecular weight is 330 g/mol. The van der Waals surface area contributed by atoms with Crippen molar-refractivity contribution in [3.05, 3.63) is 30.6 Å². The van der Waals surface area contributed by atoms with E-state index in [1.165, 1.54) is 25.9 Å². The number of aromatic nitrogens is 5. The van der Waals surface area contributed by atoms with Crippen LogP contribution in [0.2, 0.25) is 0 Å². The first-order chi connectivity index (χ1) is 11.8. The number of nitrogens with zero attached hydrogens (tertiary/aromatic N) is 6. The number of likely N-dealkylation sites (tertiary alicyclic amines) is 1. The van der Waals surface area contributed by atoms with Gasteiger partial charge in [0.05, 0.1) is 6.20 Å². The van der Waals surface area contributed by atoms with Gasteiger partial charge in [0.1, 0.15) is 11.9 Å². The maximum atomic E-state index is 6.00. The number of ether oxygens (including phenoxy) is 1. The van der Waals surface area contributed by atoms with Crippen LogP contribution < -0.4 is 0 Å². The van der Waals surface area contributed by atoms with E-state index in [1.807, 2.05) is 23.3 Å². The second-order valence-electron chi connectivity index (χ2n) is 7.11. The smallest absolute Gasteiger partial charge is 0.137 e. The monoisotopic (exact) mass is 330 g/mol.